The van der Waals surface area contributed by atoms with Crippen molar-refractivity contribution in [2.45, 2.75) is 39.0 Å². The summed E-state index contributed by atoms with van der Waals surface area (Å²) in [5.41, 5.74) is 0.606. The first kappa shape index (κ1) is 19.1. The van der Waals surface area contributed by atoms with Gasteiger partial charge in [0, 0.05) is 24.4 Å². The highest BCUT2D eigenvalue weighted by molar-refractivity contribution is 5.94. The lowest BCUT2D eigenvalue weighted by Crippen LogP contribution is -2.35. The molecule has 2 rings (SSSR count). The molecule has 0 spiro atoms. The van der Waals surface area contributed by atoms with Gasteiger partial charge in [-0.25, -0.2) is 0 Å². The summed E-state index contributed by atoms with van der Waals surface area (Å²) in [6, 6.07) is 5.30. The van der Waals surface area contributed by atoms with Crippen molar-refractivity contribution in [2.75, 3.05) is 26.1 Å². The minimum atomic E-state index is -0.0777. The Balaban J connectivity index is 1.92. The molecule has 1 aliphatic rings. The third kappa shape index (κ3) is 5.11. The molecule has 2 N–H and O–H groups in total. The van der Waals surface area contributed by atoms with Gasteiger partial charge in [-0.3, -0.25) is 9.59 Å². The molecule has 0 aromatic heterocycles. The van der Waals surface area contributed by atoms with Gasteiger partial charge in [-0.2, -0.15) is 0 Å². The maximum Gasteiger partial charge on any atom is 0.227 e. The maximum atomic E-state index is 12.6. The monoisotopic (exact) mass is 348 g/mol. The number of methoxy groups -OCH3 is 2. The van der Waals surface area contributed by atoms with Crippen LogP contribution in [0.5, 0.6) is 11.5 Å². The zero-order valence-corrected chi connectivity index (χ0v) is 15.3. The highest BCUT2D eigenvalue weighted by Crippen LogP contribution is 2.33. The van der Waals surface area contributed by atoms with Crippen molar-refractivity contribution in [2.24, 2.45) is 11.8 Å². The molecule has 6 heteroatoms. The van der Waals surface area contributed by atoms with Crippen LogP contribution in [0, 0.1) is 11.8 Å². The van der Waals surface area contributed by atoms with Crippen LogP contribution in [0.2, 0.25) is 0 Å². The van der Waals surface area contributed by atoms with Crippen LogP contribution < -0.4 is 20.1 Å². The van der Waals surface area contributed by atoms with Crippen LogP contribution in [0.4, 0.5) is 5.69 Å². The van der Waals surface area contributed by atoms with Gasteiger partial charge in [0.2, 0.25) is 11.8 Å². The van der Waals surface area contributed by atoms with E-state index in [0.717, 1.165) is 38.6 Å². The normalized spacial score (nSPS) is 19.8. The Morgan fingerprint density at radius 3 is 2.24 bits per heavy atom. The fourth-order valence-electron chi connectivity index (χ4n) is 3.16. The van der Waals surface area contributed by atoms with Gasteiger partial charge in [0.15, 0.2) is 0 Å². The average Bonchev–Trinajstić information content (AvgIpc) is 2.66. The molecule has 1 aromatic carbocycles. The fraction of sp³-hybridized carbons (Fsp3) is 0.579. The summed E-state index contributed by atoms with van der Waals surface area (Å²) in [7, 11) is 3.15. The van der Waals surface area contributed by atoms with Crippen LogP contribution >= 0.6 is 0 Å². The van der Waals surface area contributed by atoms with E-state index in [2.05, 4.69) is 10.6 Å². The number of hydrogen-bond donors (Lipinski definition) is 2. The van der Waals surface area contributed by atoms with Gasteiger partial charge in [0.1, 0.15) is 11.5 Å². The molecule has 2 amide bonds. The van der Waals surface area contributed by atoms with E-state index in [1.807, 2.05) is 6.92 Å². The summed E-state index contributed by atoms with van der Waals surface area (Å²) < 4.78 is 10.5. The third-order valence-corrected chi connectivity index (χ3v) is 4.68. The fourth-order valence-corrected chi connectivity index (χ4v) is 3.16. The molecule has 0 heterocycles. The summed E-state index contributed by atoms with van der Waals surface area (Å²) in [5, 5.41) is 5.88. The van der Waals surface area contributed by atoms with Crippen LogP contribution in [-0.4, -0.2) is 32.6 Å². The molecule has 0 bridgehead atoms. The van der Waals surface area contributed by atoms with E-state index < -0.39 is 0 Å². The van der Waals surface area contributed by atoms with Crippen molar-refractivity contribution in [1.29, 1.82) is 0 Å². The second-order valence-corrected chi connectivity index (χ2v) is 6.40. The molecular weight excluding hydrogens is 320 g/mol. The van der Waals surface area contributed by atoms with Gasteiger partial charge in [0.05, 0.1) is 19.9 Å². The smallest absolute Gasteiger partial charge is 0.227 e. The van der Waals surface area contributed by atoms with Crippen molar-refractivity contribution in [1.82, 2.24) is 5.32 Å². The van der Waals surface area contributed by atoms with E-state index in [1.165, 1.54) is 0 Å². The maximum absolute atomic E-state index is 12.6. The number of amides is 2. The molecular formula is C19H28N2O4. The number of carbonyl (C=O) groups excluding carboxylic acids is 2. The van der Waals surface area contributed by atoms with Gasteiger partial charge in [-0.1, -0.05) is 6.92 Å². The number of benzene rings is 1. The third-order valence-electron chi connectivity index (χ3n) is 4.68. The van der Waals surface area contributed by atoms with E-state index >= 15 is 0 Å². The van der Waals surface area contributed by atoms with Crippen molar-refractivity contribution >= 4 is 17.5 Å². The molecule has 0 unspecified atom stereocenters. The van der Waals surface area contributed by atoms with Crippen LogP contribution in [0.3, 0.4) is 0 Å². The number of nitrogens with one attached hydrogen (secondary N) is 2. The van der Waals surface area contributed by atoms with Gasteiger partial charge >= 0.3 is 0 Å². The largest absolute Gasteiger partial charge is 0.497 e. The Labute approximate surface area is 149 Å². The Kier molecular flexibility index (Phi) is 7.10. The quantitative estimate of drug-likeness (QED) is 0.794. The SMILES string of the molecule is CCCNC(=O)C1CCC(C(=O)Nc2cc(OC)ccc2OC)CC1. The lowest BCUT2D eigenvalue weighted by atomic mass is 9.81. The van der Waals surface area contributed by atoms with Gasteiger partial charge in [-0.05, 0) is 44.2 Å². The first-order chi connectivity index (χ1) is 12.1. The highest BCUT2D eigenvalue weighted by atomic mass is 16.5. The molecule has 6 nitrogen and oxygen atoms in total. The predicted octanol–water partition coefficient (Wildman–Crippen LogP) is 2.97. The number of carbonyl (C=O) groups is 2. The highest BCUT2D eigenvalue weighted by Gasteiger charge is 2.30. The molecule has 1 fully saturated rings. The summed E-state index contributed by atoms with van der Waals surface area (Å²) in [5.74, 6) is 1.30. The first-order valence-corrected chi connectivity index (χ1v) is 8.89. The predicted molar refractivity (Wildman–Crippen MR) is 96.9 cm³/mol. The average molecular weight is 348 g/mol. The van der Waals surface area contributed by atoms with E-state index in [-0.39, 0.29) is 23.7 Å². The lowest BCUT2D eigenvalue weighted by Gasteiger charge is -2.27. The minimum Gasteiger partial charge on any atom is -0.497 e. The molecule has 25 heavy (non-hydrogen) atoms. The number of anilines is 1. The molecule has 0 radical (unpaired) electrons. The van der Waals surface area contributed by atoms with E-state index in [4.69, 9.17) is 9.47 Å². The Morgan fingerprint density at radius 1 is 1.04 bits per heavy atom. The molecule has 0 aliphatic heterocycles. The second kappa shape index (κ2) is 9.30. The lowest BCUT2D eigenvalue weighted by molar-refractivity contribution is -0.128. The number of ether oxygens (including phenoxy) is 2. The van der Waals surface area contributed by atoms with Crippen LogP contribution in [-0.2, 0) is 9.59 Å². The molecule has 0 atom stereocenters. The molecule has 1 aliphatic carbocycles. The molecule has 1 aromatic rings. The van der Waals surface area contributed by atoms with E-state index in [0.29, 0.717) is 17.2 Å². The summed E-state index contributed by atoms with van der Waals surface area (Å²) in [4.78, 5) is 24.6. The van der Waals surface area contributed by atoms with Crippen LogP contribution in [0.15, 0.2) is 18.2 Å². The van der Waals surface area contributed by atoms with Crippen molar-refractivity contribution in [3.8, 4) is 11.5 Å². The van der Waals surface area contributed by atoms with E-state index in [1.54, 1.807) is 32.4 Å². The molecule has 1 saturated carbocycles. The summed E-state index contributed by atoms with van der Waals surface area (Å²) in [6.07, 6.45) is 3.89. The standard InChI is InChI=1S/C19H28N2O4/c1-4-11-20-18(22)13-5-7-14(8-6-13)19(23)21-16-12-15(24-2)9-10-17(16)25-3/h9-10,12-14H,4-8,11H2,1-3H3,(H,20,22)(H,21,23). The van der Waals surface area contributed by atoms with Gasteiger partial charge < -0.3 is 20.1 Å². The summed E-state index contributed by atoms with van der Waals surface area (Å²) in [6.45, 7) is 2.75. The van der Waals surface area contributed by atoms with Gasteiger partial charge in [0.25, 0.3) is 0 Å². The van der Waals surface area contributed by atoms with Crippen molar-refractivity contribution in [3.05, 3.63) is 18.2 Å². The molecule has 0 saturated heterocycles. The topological polar surface area (TPSA) is 76.7 Å². The van der Waals surface area contributed by atoms with Crippen molar-refractivity contribution < 1.29 is 19.1 Å². The van der Waals surface area contributed by atoms with Crippen LogP contribution in [0.1, 0.15) is 39.0 Å². The number of rotatable bonds is 7. The second-order valence-electron chi connectivity index (χ2n) is 6.40. The van der Waals surface area contributed by atoms with Crippen LogP contribution in [0.25, 0.3) is 0 Å². The molecule has 138 valence electrons. The Morgan fingerprint density at radius 2 is 1.68 bits per heavy atom. The summed E-state index contributed by atoms with van der Waals surface area (Å²) >= 11 is 0. The van der Waals surface area contributed by atoms with Gasteiger partial charge in [-0.15, -0.1) is 0 Å². The first-order valence-electron chi connectivity index (χ1n) is 8.89. The van der Waals surface area contributed by atoms with E-state index in [9.17, 15) is 9.59 Å². The Bertz CT molecular complexity index is 595. The zero-order valence-electron chi connectivity index (χ0n) is 15.3. The zero-order chi connectivity index (χ0) is 18.2. The Hall–Kier alpha value is -2.24. The van der Waals surface area contributed by atoms with Crippen molar-refractivity contribution in [3.63, 3.8) is 0 Å². The number of hydrogen-bond acceptors (Lipinski definition) is 4. The minimum absolute atomic E-state index is 0.0287.